The van der Waals surface area contributed by atoms with Crippen LogP contribution in [0.3, 0.4) is 0 Å². The van der Waals surface area contributed by atoms with Gasteiger partial charge >= 0.3 is 0 Å². The van der Waals surface area contributed by atoms with E-state index < -0.39 is 8.07 Å². The summed E-state index contributed by atoms with van der Waals surface area (Å²) in [5.41, 5.74) is 7.47. The van der Waals surface area contributed by atoms with Crippen LogP contribution in [0, 0.1) is 0 Å². The molecule has 0 bridgehead atoms. The quantitative estimate of drug-likeness (QED) is 0.0876. The van der Waals surface area contributed by atoms with Gasteiger partial charge in [0, 0.05) is 0 Å². The second kappa shape index (κ2) is 13.9. The normalized spacial score (nSPS) is 11.6. The average Bonchev–Trinajstić information content (AvgIpc) is 3.27. The molecule has 0 atom stereocenters. The van der Waals surface area contributed by atoms with Gasteiger partial charge in [-0.25, -0.2) is 0 Å². The van der Waals surface area contributed by atoms with E-state index in [2.05, 4.69) is 231 Å². The lowest BCUT2D eigenvalue weighted by molar-refractivity contribution is 1.62. The van der Waals surface area contributed by atoms with E-state index in [0.717, 1.165) is 0 Å². The van der Waals surface area contributed by atoms with Crippen molar-refractivity contribution in [3.63, 3.8) is 0 Å². The molecule has 0 heterocycles. The highest BCUT2D eigenvalue weighted by atomic mass is 28.3. The van der Waals surface area contributed by atoms with Crippen molar-refractivity contribution >= 4 is 61.1 Å². The molecule has 258 valence electrons. The molecule has 0 nitrogen and oxygen atoms in total. The Labute approximate surface area is 323 Å². The van der Waals surface area contributed by atoms with Gasteiger partial charge in [0.2, 0.25) is 0 Å². The summed E-state index contributed by atoms with van der Waals surface area (Å²) in [7, 11) is -2.71. The maximum Gasteiger partial charge on any atom is 0.179 e. The second-order valence-corrected chi connectivity index (χ2v) is 18.2. The van der Waals surface area contributed by atoms with E-state index in [1.807, 2.05) is 0 Å². The monoisotopic (exact) mass is 714 g/mol. The molecular formula is C54H38Si. The van der Waals surface area contributed by atoms with Crippen LogP contribution in [0.5, 0.6) is 0 Å². The molecule has 0 saturated heterocycles. The highest BCUT2D eigenvalue weighted by molar-refractivity contribution is 7.19. The first kappa shape index (κ1) is 32.8. The molecule has 55 heavy (non-hydrogen) atoms. The number of benzene rings is 10. The van der Waals surface area contributed by atoms with Crippen LogP contribution in [0.25, 0.3) is 65.7 Å². The Morgan fingerprint density at radius 1 is 0.218 bits per heavy atom. The zero-order chi connectivity index (χ0) is 36.6. The summed E-state index contributed by atoms with van der Waals surface area (Å²) in [4.78, 5) is 0. The van der Waals surface area contributed by atoms with Crippen molar-refractivity contribution in [1.29, 1.82) is 0 Å². The zero-order valence-corrected chi connectivity index (χ0v) is 31.4. The first-order valence-electron chi connectivity index (χ1n) is 19.1. The molecule has 10 aromatic carbocycles. The molecular weight excluding hydrogens is 677 g/mol. The van der Waals surface area contributed by atoms with Crippen LogP contribution in [-0.2, 0) is 0 Å². The van der Waals surface area contributed by atoms with E-state index in [1.54, 1.807) is 0 Å². The van der Waals surface area contributed by atoms with E-state index in [4.69, 9.17) is 0 Å². The summed E-state index contributed by atoms with van der Waals surface area (Å²) < 4.78 is 0. The third kappa shape index (κ3) is 5.60. The van der Waals surface area contributed by atoms with Gasteiger partial charge in [0.25, 0.3) is 0 Å². The van der Waals surface area contributed by atoms with Gasteiger partial charge < -0.3 is 0 Å². The molecule has 0 spiro atoms. The van der Waals surface area contributed by atoms with Crippen molar-refractivity contribution in [3.8, 4) is 33.4 Å². The first-order valence-corrected chi connectivity index (χ1v) is 21.1. The van der Waals surface area contributed by atoms with Crippen molar-refractivity contribution in [1.82, 2.24) is 0 Å². The molecule has 0 aliphatic heterocycles. The molecule has 1 heteroatoms. The largest absolute Gasteiger partial charge is 0.179 e. The molecule has 0 N–H and O–H groups in total. The Bertz CT molecular complexity index is 2800. The smallest absolute Gasteiger partial charge is 0.0623 e. The highest BCUT2D eigenvalue weighted by Crippen LogP contribution is 2.44. The molecule has 10 rings (SSSR count). The van der Waals surface area contributed by atoms with E-state index in [1.165, 1.54) is 86.4 Å². The highest BCUT2D eigenvalue weighted by Gasteiger charge is 2.41. The number of hydrogen-bond donors (Lipinski definition) is 0. The fourth-order valence-electron chi connectivity index (χ4n) is 8.92. The zero-order valence-electron chi connectivity index (χ0n) is 30.4. The Kier molecular flexibility index (Phi) is 8.28. The van der Waals surface area contributed by atoms with Crippen molar-refractivity contribution in [2.45, 2.75) is 0 Å². The Morgan fingerprint density at radius 2 is 0.618 bits per heavy atom. The van der Waals surface area contributed by atoms with Crippen molar-refractivity contribution < 1.29 is 0 Å². The number of hydrogen-bond acceptors (Lipinski definition) is 0. The number of fused-ring (bicyclic) bond motifs is 3. The maximum atomic E-state index is 2.51. The summed E-state index contributed by atoms with van der Waals surface area (Å²) in [6.45, 7) is 0. The summed E-state index contributed by atoms with van der Waals surface area (Å²) in [6.07, 6.45) is 0. The van der Waals surface area contributed by atoms with Crippen molar-refractivity contribution in [2.24, 2.45) is 0 Å². The predicted octanol–water partition coefficient (Wildman–Crippen LogP) is 11.5. The molecule has 0 unspecified atom stereocenters. The molecule has 0 saturated carbocycles. The Balaban J connectivity index is 1.18. The molecule has 0 radical (unpaired) electrons. The SMILES string of the molecule is c1ccc([Si](c2ccccc2)(c2ccccc2)c2cccc(-c3c4ccccc4c(-c4ccc(-c5ccc6ccccc6c5)cc4)c4ccccc34)c2)cc1. The second-order valence-electron chi connectivity index (χ2n) is 14.4. The molecule has 0 aliphatic carbocycles. The minimum atomic E-state index is -2.71. The van der Waals surface area contributed by atoms with Gasteiger partial charge in [-0.15, -0.1) is 0 Å². The van der Waals surface area contributed by atoms with Gasteiger partial charge in [-0.3, -0.25) is 0 Å². The van der Waals surface area contributed by atoms with Crippen LogP contribution in [-0.4, -0.2) is 8.07 Å². The molecule has 0 amide bonds. The topological polar surface area (TPSA) is 0 Å². The van der Waals surface area contributed by atoms with Crippen LogP contribution >= 0.6 is 0 Å². The van der Waals surface area contributed by atoms with Gasteiger partial charge in [-0.1, -0.05) is 224 Å². The van der Waals surface area contributed by atoms with E-state index >= 15 is 0 Å². The minimum Gasteiger partial charge on any atom is -0.0623 e. The third-order valence-corrected chi connectivity index (χ3v) is 16.2. The summed E-state index contributed by atoms with van der Waals surface area (Å²) in [5.74, 6) is 0. The van der Waals surface area contributed by atoms with Crippen molar-refractivity contribution in [2.75, 3.05) is 0 Å². The van der Waals surface area contributed by atoms with Gasteiger partial charge in [0.05, 0.1) is 0 Å². The maximum absolute atomic E-state index is 2.71. The van der Waals surface area contributed by atoms with Gasteiger partial charge in [-0.2, -0.15) is 0 Å². The van der Waals surface area contributed by atoms with Crippen LogP contribution < -0.4 is 20.7 Å². The van der Waals surface area contributed by atoms with Crippen LogP contribution in [0.15, 0.2) is 231 Å². The van der Waals surface area contributed by atoms with E-state index in [-0.39, 0.29) is 0 Å². The van der Waals surface area contributed by atoms with E-state index in [9.17, 15) is 0 Å². The average molecular weight is 715 g/mol. The molecule has 0 aliphatic rings. The van der Waals surface area contributed by atoms with Gasteiger partial charge in [-0.05, 0) is 92.5 Å². The standard InChI is InChI=1S/C54H38Si/c1-4-20-45(21-5-1)55(46-22-6-2-7-23-46,47-24-8-3-9-25-47)48-26-16-19-44(38-48)54-51-29-14-12-27-49(51)53(50-28-13-15-30-52(50)54)41-34-31-40(32-35-41)43-36-33-39-17-10-11-18-42(39)37-43/h1-38H. The van der Waals surface area contributed by atoms with E-state index in [0.29, 0.717) is 0 Å². The summed E-state index contributed by atoms with van der Waals surface area (Å²) >= 11 is 0. The lowest BCUT2D eigenvalue weighted by atomic mass is 9.85. The summed E-state index contributed by atoms with van der Waals surface area (Å²) in [6, 6.07) is 85.5. The lowest BCUT2D eigenvalue weighted by Crippen LogP contribution is -2.74. The molecule has 10 aromatic rings. The van der Waals surface area contributed by atoms with Crippen LogP contribution in [0.4, 0.5) is 0 Å². The fourth-order valence-corrected chi connectivity index (χ4v) is 13.7. The van der Waals surface area contributed by atoms with Gasteiger partial charge in [0.15, 0.2) is 8.07 Å². The molecule has 0 fully saturated rings. The number of rotatable bonds is 7. The Hall–Kier alpha value is -6.80. The van der Waals surface area contributed by atoms with Crippen LogP contribution in [0.1, 0.15) is 0 Å². The molecule has 0 aromatic heterocycles. The lowest BCUT2D eigenvalue weighted by Gasteiger charge is -2.34. The predicted molar refractivity (Wildman–Crippen MR) is 239 cm³/mol. The first-order chi connectivity index (χ1) is 27.3. The summed E-state index contributed by atoms with van der Waals surface area (Å²) in [5, 5.41) is 13.1. The van der Waals surface area contributed by atoms with Crippen molar-refractivity contribution in [3.05, 3.63) is 231 Å². The third-order valence-electron chi connectivity index (χ3n) is 11.4. The van der Waals surface area contributed by atoms with Crippen LogP contribution in [0.2, 0.25) is 0 Å². The fraction of sp³-hybridized carbons (Fsp3) is 0. The minimum absolute atomic E-state index is 1.22. The van der Waals surface area contributed by atoms with Gasteiger partial charge in [0.1, 0.15) is 0 Å². The Morgan fingerprint density at radius 3 is 1.15 bits per heavy atom.